The van der Waals surface area contributed by atoms with Gasteiger partial charge in [0.15, 0.2) is 0 Å². The molecule has 1 rings (SSSR count). The average Bonchev–Trinajstić information content (AvgIpc) is 2.25. The second-order valence-corrected chi connectivity index (χ2v) is 5.28. The summed E-state index contributed by atoms with van der Waals surface area (Å²) in [6.07, 6.45) is 7.55. The zero-order valence-corrected chi connectivity index (χ0v) is 11.1. The highest BCUT2D eigenvalue weighted by atomic mass is 16.1. The van der Waals surface area contributed by atoms with E-state index in [0.717, 1.165) is 17.4 Å². The highest BCUT2D eigenvalue weighted by Crippen LogP contribution is 2.35. The van der Waals surface area contributed by atoms with Crippen molar-refractivity contribution in [1.29, 1.82) is 0 Å². The molecule has 0 unspecified atom stereocenters. The van der Waals surface area contributed by atoms with Gasteiger partial charge in [-0.1, -0.05) is 30.4 Å². The Morgan fingerprint density at radius 3 is 1.88 bits per heavy atom. The largest absolute Gasteiger partial charge is 0.298 e. The standard InChI is InChI=1S/C15H24O/c1-11(2)14(10-16)15(12(3)4)13-8-6-5-7-9-13/h10,13H,5-9H2,1-4H3. The van der Waals surface area contributed by atoms with E-state index in [9.17, 15) is 4.79 Å². The van der Waals surface area contributed by atoms with Crippen LogP contribution in [0.4, 0.5) is 0 Å². The number of aldehydes is 1. The molecule has 0 aromatic rings. The molecule has 1 aliphatic rings. The lowest BCUT2D eigenvalue weighted by molar-refractivity contribution is -0.104. The minimum atomic E-state index is 0.619. The zero-order chi connectivity index (χ0) is 12.1. The van der Waals surface area contributed by atoms with Crippen LogP contribution in [0.2, 0.25) is 0 Å². The normalized spacial score (nSPS) is 16.8. The molecular weight excluding hydrogens is 196 g/mol. The van der Waals surface area contributed by atoms with E-state index in [4.69, 9.17) is 0 Å². The Bertz CT molecular complexity index is 306. The van der Waals surface area contributed by atoms with Crippen molar-refractivity contribution in [3.8, 4) is 0 Å². The fourth-order valence-corrected chi connectivity index (χ4v) is 2.74. The predicted molar refractivity (Wildman–Crippen MR) is 69.4 cm³/mol. The molecule has 0 aromatic heterocycles. The molecule has 90 valence electrons. The molecule has 1 nitrogen and oxygen atoms in total. The van der Waals surface area contributed by atoms with E-state index in [1.807, 2.05) is 13.8 Å². The third-order valence-corrected chi connectivity index (χ3v) is 3.50. The maximum atomic E-state index is 11.2. The Morgan fingerprint density at radius 1 is 0.938 bits per heavy atom. The number of hydrogen-bond acceptors (Lipinski definition) is 1. The summed E-state index contributed by atoms with van der Waals surface area (Å²) < 4.78 is 0. The van der Waals surface area contributed by atoms with Gasteiger partial charge in [0.1, 0.15) is 6.29 Å². The van der Waals surface area contributed by atoms with E-state index < -0.39 is 0 Å². The molecule has 0 heterocycles. The second-order valence-electron chi connectivity index (χ2n) is 5.28. The summed E-state index contributed by atoms with van der Waals surface area (Å²) >= 11 is 0. The molecule has 0 aliphatic heterocycles. The van der Waals surface area contributed by atoms with E-state index in [0.29, 0.717) is 5.92 Å². The fourth-order valence-electron chi connectivity index (χ4n) is 2.74. The summed E-state index contributed by atoms with van der Waals surface area (Å²) in [5.74, 6) is 0.619. The van der Waals surface area contributed by atoms with Crippen LogP contribution in [0.25, 0.3) is 0 Å². The SMILES string of the molecule is CC(C)=C(C=O)C(=C(C)C)C1CCCCC1. The van der Waals surface area contributed by atoms with Gasteiger partial charge in [-0.2, -0.15) is 0 Å². The Labute approximate surface area is 99.6 Å². The Kier molecular flexibility index (Phi) is 4.98. The Morgan fingerprint density at radius 2 is 1.50 bits per heavy atom. The molecule has 16 heavy (non-hydrogen) atoms. The quantitative estimate of drug-likeness (QED) is 0.390. The smallest absolute Gasteiger partial charge is 0.150 e. The lowest BCUT2D eigenvalue weighted by Gasteiger charge is -2.26. The van der Waals surface area contributed by atoms with Crippen molar-refractivity contribution in [1.82, 2.24) is 0 Å². The highest BCUT2D eigenvalue weighted by Gasteiger charge is 2.21. The zero-order valence-electron chi connectivity index (χ0n) is 11.1. The van der Waals surface area contributed by atoms with Crippen LogP contribution in [0.1, 0.15) is 59.8 Å². The van der Waals surface area contributed by atoms with Crippen LogP contribution < -0.4 is 0 Å². The van der Waals surface area contributed by atoms with Crippen molar-refractivity contribution < 1.29 is 4.79 Å². The van der Waals surface area contributed by atoms with Crippen LogP contribution in [0, 0.1) is 5.92 Å². The van der Waals surface area contributed by atoms with E-state index in [-0.39, 0.29) is 0 Å². The van der Waals surface area contributed by atoms with Crippen molar-refractivity contribution in [2.75, 3.05) is 0 Å². The maximum absolute atomic E-state index is 11.2. The first kappa shape index (κ1) is 13.2. The molecule has 1 heteroatoms. The molecule has 0 amide bonds. The summed E-state index contributed by atoms with van der Waals surface area (Å²) in [7, 11) is 0. The van der Waals surface area contributed by atoms with E-state index >= 15 is 0 Å². The van der Waals surface area contributed by atoms with E-state index in [1.54, 1.807) is 0 Å². The molecule has 1 aliphatic carbocycles. The molecule has 1 fully saturated rings. The van der Waals surface area contributed by atoms with Gasteiger partial charge in [0.2, 0.25) is 0 Å². The van der Waals surface area contributed by atoms with Crippen molar-refractivity contribution in [3.05, 3.63) is 22.3 Å². The van der Waals surface area contributed by atoms with Gasteiger partial charge in [0, 0.05) is 5.57 Å². The molecule has 1 saturated carbocycles. The lowest BCUT2D eigenvalue weighted by atomic mass is 9.78. The molecule has 0 saturated heterocycles. The first-order valence-corrected chi connectivity index (χ1v) is 6.38. The summed E-state index contributed by atoms with van der Waals surface area (Å²) in [4.78, 5) is 11.2. The molecule has 0 bridgehead atoms. The number of allylic oxidation sites excluding steroid dienone is 4. The minimum absolute atomic E-state index is 0.619. The van der Waals surface area contributed by atoms with Crippen LogP contribution in [0.3, 0.4) is 0 Å². The van der Waals surface area contributed by atoms with Crippen LogP contribution in [0.15, 0.2) is 22.3 Å². The molecule has 0 N–H and O–H groups in total. The predicted octanol–water partition coefficient (Wildman–Crippen LogP) is 4.44. The molecule has 0 atom stereocenters. The van der Waals surface area contributed by atoms with Crippen molar-refractivity contribution in [3.63, 3.8) is 0 Å². The van der Waals surface area contributed by atoms with Gasteiger partial charge >= 0.3 is 0 Å². The van der Waals surface area contributed by atoms with Gasteiger partial charge in [-0.25, -0.2) is 0 Å². The van der Waals surface area contributed by atoms with Gasteiger partial charge in [0.25, 0.3) is 0 Å². The fraction of sp³-hybridized carbons (Fsp3) is 0.667. The highest BCUT2D eigenvalue weighted by molar-refractivity contribution is 5.82. The van der Waals surface area contributed by atoms with Crippen molar-refractivity contribution >= 4 is 6.29 Å². The summed E-state index contributed by atoms with van der Waals surface area (Å²) in [6.45, 7) is 8.34. The van der Waals surface area contributed by atoms with Crippen LogP contribution in [-0.2, 0) is 4.79 Å². The number of carbonyl (C=O) groups excluding carboxylic acids is 1. The molecule has 0 aromatic carbocycles. The average molecular weight is 220 g/mol. The van der Waals surface area contributed by atoms with Gasteiger partial charge in [0.05, 0.1) is 0 Å². The van der Waals surface area contributed by atoms with E-state index in [2.05, 4.69) is 13.8 Å². The van der Waals surface area contributed by atoms with Gasteiger partial charge in [-0.05, 0) is 52.0 Å². The van der Waals surface area contributed by atoms with Crippen LogP contribution in [0.5, 0.6) is 0 Å². The first-order valence-electron chi connectivity index (χ1n) is 6.38. The summed E-state index contributed by atoms with van der Waals surface area (Å²) in [5, 5.41) is 0. The topological polar surface area (TPSA) is 17.1 Å². The van der Waals surface area contributed by atoms with Crippen molar-refractivity contribution in [2.24, 2.45) is 5.92 Å². The van der Waals surface area contributed by atoms with Gasteiger partial charge < -0.3 is 0 Å². The van der Waals surface area contributed by atoms with Crippen LogP contribution >= 0.6 is 0 Å². The van der Waals surface area contributed by atoms with Gasteiger partial charge in [-0.3, -0.25) is 4.79 Å². The minimum Gasteiger partial charge on any atom is -0.298 e. The molecule has 0 radical (unpaired) electrons. The number of rotatable bonds is 3. The monoisotopic (exact) mass is 220 g/mol. The van der Waals surface area contributed by atoms with Crippen LogP contribution in [-0.4, -0.2) is 6.29 Å². The Balaban J connectivity index is 3.05. The maximum Gasteiger partial charge on any atom is 0.150 e. The third-order valence-electron chi connectivity index (χ3n) is 3.50. The summed E-state index contributed by atoms with van der Waals surface area (Å²) in [5.41, 5.74) is 4.74. The molecule has 0 spiro atoms. The summed E-state index contributed by atoms with van der Waals surface area (Å²) in [6, 6.07) is 0. The first-order chi connectivity index (χ1) is 7.57. The van der Waals surface area contributed by atoms with E-state index in [1.165, 1.54) is 43.3 Å². The van der Waals surface area contributed by atoms with Gasteiger partial charge in [-0.15, -0.1) is 0 Å². The molecular formula is C15H24O. The number of hydrogen-bond donors (Lipinski definition) is 0. The second kappa shape index (κ2) is 6.03. The third kappa shape index (κ3) is 3.07. The Hall–Kier alpha value is -0.850. The van der Waals surface area contributed by atoms with Crippen molar-refractivity contribution in [2.45, 2.75) is 59.8 Å². The lowest BCUT2D eigenvalue weighted by Crippen LogP contribution is -2.13. The number of carbonyl (C=O) groups is 1.